The Kier molecular flexibility index (Phi) is 5.65. The highest BCUT2D eigenvalue weighted by Crippen LogP contribution is 2.30. The highest BCUT2D eigenvalue weighted by atomic mass is 35.5. The highest BCUT2D eigenvalue weighted by molar-refractivity contribution is 6.40. The summed E-state index contributed by atoms with van der Waals surface area (Å²) in [6.07, 6.45) is 1.24. The summed E-state index contributed by atoms with van der Waals surface area (Å²) >= 11 is 12.1. The molecule has 26 heavy (non-hydrogen) atoms. The first kappa shape index (κ1) is 18.1. The lowest BCUT2D eigenvalue weighted by atomic mass is 10.2. The fourth-order valence-electron chi connectivity index (χ4n) is 2.20. The van der Waals surface area contributed by atoms with E-state index in [1.807, 2.05) is 0 Å². The van der Waals surface area contributed by atoms with Crippen LogP contribution in [-0.4, -0.2) is 15.9 Å². The molecule has 0 saturated carbocycles. The van der Waals surface area contributed by atoms with Gasteiger partial charge in [-0.15, -0.1) is 0 Å². The van der Waals surface area contributed by atoms with E-state index in [0.717, 1.165) is 0 Å². The Balaban J connectivity index is 1.72. The number of rotatable bonds is 5. The number of benzene rings is 2. The second kappa shape index (κ2) is 8.12. The van der Waals surface area contributed by atoms with Crippen molar-refractivity contribution in [2.24, 2.45) is 0 Å². The summed E-state index contributed by atoms with van der Waals surface area (Å²) in [5.74, 6) is -0.421. The zero-order chi connectivity index (χ0) is 18.5. The maximum atomic E-state index is 13.7. The number of aromatic nitrogens is 2. The third-order valence-corrected chi connectivity index (χ3v) is 4.15. The van der Waals surface area contributed by atoms with Gasteiger partial charge in [0.1, 0.15) is 23.7 Å². The lowest BCUT2D eigenvalue weighted by Crippen LogP contribution is -2.15. The van der Waals surface area contributed by atoms with Crippen LogP contribution < -0.4 is 10.6 Å². The lowest BCUT2D eigenvalue weighted by molar-refractivity contribution is 0.102. The third-order valence-electron chi connectivity index (χ3n) is 3.52. The fourth-order valence-corrected chi connectivity index (χ4v) is 2.69. The fraction of sp³-hybridized carbons (Fsp3) is 0.0556. The van der Waals surface area contributed by atoms with Crippen molar-refractivity contribution >= 4 is 40.6 Å². The number of hydrogen-bond donors (Lipinski definition) is 2. The molecule has 0 aliphatic heterocycles. The van der Waals surface area contributed by atoms with Crippen LogP contribution in [0.3, 0.4) is 0 Å². The van der Waals surface area contributed by atoms with Crippen molar-refractivity contribution in [2.45, 2.75) is 6.54 Å². The van der Waals surface area contributed by atoms with Crippen LogP contribution in [0.2, 0.25) is 10.0 Å². The molecule has 3 aromatic rings. The Hall–Kier alpha value is -2.70. The molecule has 8 heteroatoms. The highest BCUT2D eigenvalue weighted by Gasteiger charge is 2.13. The normalized spacial score (nSPS) is 10.4. The van der Waals surface area contributed by atoms with E-state index < -0.39 is 5.91 Å². The SMILES string of the molecule is O=C(Nc1c(Cl)cccc1Cl)c1cc(NCc2ccccc2F)ncn1. The average molecular weight is 391 g/mol. The molecule has 1 heterocycles. The Bertz CT molecular complexity index is 932. The summed E-state index contributed by atoms with van der Waals surface area (Å²) < 4.78 is 13.7. The molecule has 0 bridgehead atoms. The van der Waals surface area contributed by atoms with Gasteiger partial charge in [0.2, 0.25) is 0 Å². The lowest BCUT2D eigenvalue weighted by Gasteiger charge is -2.10. The predicted octanol–water partition coefficient (Wildman–Crippen LogP) is 4.79. The molecule has 0 aliphatic rings. The maximum Gasteiger partial charge on any atom is 0.274 e. The molecule has 1 aromatic heterocycles. The van der Waals surface area contributed by atoms with Crippen LogP contribution in [0.1, 0.15) is 16.1 Å². The van der Waals surface area contributed by atoms with Crippen molar-refractivity contribution < 1.29 is 9.18 Å². The number of hydrogen-bond acceptors (Lipinski definition) is 4. The standard InChI is InChI=1S/C18H13Cl2FN4O/c19-12-5-3-6-13(20)17(12)25-18(26)15-8-16(24-10-23-15)22-9-11-4-1-2-7-14(11)21/h1-8,10H,9H2,(H,25,26)(H,22,23,24). The average Bonchev–Trinajstić information content (AvgIpc) is 2.64. The smallest absolute Gasteiger partial charge is 0.274 e. The van der Waals surface area contributed by atoms with E-state index in [9.17, 15) is 9.18 Å². The Morgan fingerprint density at radius 2 is 1.77 bits per heavy atom. The van der Waals surface area contributed by atoms with Crippen LogP contribution >= 0.6 is 23.2 Å². The summed E-state index contributed by atoms with van der Waals surface area (Å²) in [5.41, 5.74) is 0.910. The summed E-state index contributed by atoms with van der Waals surface area (Å²) in [4.78, 5) is 20.4. The second-order valence-corrected chi connectivity index (χ2v) is 6.10. The molecule has 0 saturated heterocycles. The van der Waals surface area contributed by atoms with E-state index in [0.29, 0.717) is 27.1 Å². The summed E-state index contributed by atoms with van der Waals surface area (Å²) in [6, 6.07) is 12.8. The van der Waals surface area contributed by atoms with Crippen molar-refractivity contribution in [3.63, 3.8) is 0 Å². The van der Waals surface area contributed by atoms with E-state index in [2.05, 4.69) is 20.6 Å². The minimum Gasteiger partial charge on any atom is -0.366 e. The molecule has 132 valence electrons. The zero-order valence-corrected chi connectivity index (χ0v) is 14.9. The van der Waals surface area contributed by atoms with Gasteiger partial charge < -0.3 is 10.6 Å². The summed E-state index contributed by atoms with van der Waals surface area (Å²) in [6.45, 7) is 0.223. The molecular weight excluding hydrogens is 378 g/mol. The van der Waals surface area contributed by atoms with Crippen LogP contribution in [-0.2, 0) is 6.54 Å². The molecule has 0 fully saturated rings. The van der Waals surface area contributed by atoms with Gasteiger partial charge in [-0.25, -0.2) is 14.4 Å². The molecule has 0 spiro atoms. The first-order valence-corrected chi connectivity index (χ1v) is 8.35. The molecule has 0 aliphatic carbocycles. The van der Waals surface area contributed by atoms with Crippen LogP contribution in [0.15, 0.2) is 54.9 Å². The number of carbonyl (C=O) groups excluding carboxylic acids is 1. The van der Waals surface area contributed by atoms with Crippen molar-refractivity contribution in [3.8, 4) is 0 Å². The number of para-hydroxylation sites is 1. The molecular formula is C18H13Cl2FN4O. The first-order valence-electron chi connectivity index (χ1n) is 7.59. The van der Waals surface area contributed by atoms with Gasteiger partial charge in [0.15, 0.2) is 0 Å². The summed E-state index contributed by atoms with van der Waals surface area (Å²) in [7, 11) is 0. The molecule has 1 amide bonds. The van der Waals surface area contributed by atoms with Crippen LogP contribution in [0, 0.1) is 5.82 Å². The quantitative estimate of drug-likeness (QED) is 0.657. The monoisotopic (exact) mass is 390 g/mol. The van der Waals surface area contributed by atoms with Crippen molar-refractivity contribution in [2.75, 3.05) is 10.6 Å². The van der Waals surface area contributed by atoms with Gasteiger partial charge in [0.05, 0.1) is 15.7 Å². The number of carbonyl (C=O) groups is 1. The number of anilines is 2. The molecule has 0 radical (unpaired) electrons. The van der Waals surface area contributed by atoms with Gasteiger partial charge in [-0.3, -0.25) is 4.79 Å². The number of amides is 1. The van der Waals surface area contributed by atoms with E-state index >= 15 is 0 Å². The first-order chi connectivity index (χ1) is 12.5. The van der Waals surface area contributed by atoms with E-state index in [1.165, 1.54) is 18.5 Å². The minimum atomic E-state index is -0.489. The van der Waals surface area contributed by atoms with Crippen molar-refractivity contribution in [3.05, 3.63) is 82.0 Å². The number of halogens is 3. The third kappa shape index (κ3) is 4.28. The van der Waals surface area contributed by atoms with Crippen molar-refractivity contribution in [1.29, 1.82) is 0 Å². The van der Waals surface area contributed by atoms with Gasteiger partial charge in [0, 0.05) is 18.2 Å². The van der Waals surface area contributed by atoms with E-state index in [-0.39, 0.29) is 18.1 Å². The maximum absolute atomic E-state index is 13.7. The Labute approximate surface area is 159 Å². The van der Waals surface area contributed by atoms with Crippen LogP contribution in [0.4, 0.5) is 15.9 Å². The van der Waals surface area contributed by atoms with E-state index in [4.69, 9.17) is 23.2 Å². The number of nitrogens with zero attached hydrogens (tertiary/aromatic N) is 2. The van der Waals surface area contributed by atoms with Gasteiger partial charge in [-0.05, 0) is 18.2 Å². The van der Waals surface area contributed by atoms with Gasteiger partial charge in [0.25, 0.3) is 5.91 Å². The zero-order valence-electron chi connectivity index (χ0n) is 13.3. The predicted molar refractivity (Wildman–Crippen MR) is 100 cm³/mol. The molecule has 2 N–H and O–H groups in total. The van der Waals surface area contributed by atoms with Gasteiger partial charge in [-0.2, -0.15) is 0 Å². The largest absolute Gasteiger partial charge is 0.366 e. The molecule has 3 rings (SSSR count). The number of nitrogens with one attached hydrogen (secondary N) is 2. The van der Waals surface area contributed by atoms with Crippen molar-refractivity contribution in [1.82, 2.24) is 9.97 Å². The van der Waals surface area contributed by atoms with Crippen LogP contribution in [0.5, 0.6) is 0 Å². The Morgan fingerprint density at radius 1 is 1.04 bits per heavy atom. The van der Waals surface area contributed by atoms with Crippen LogP contribution in [0.25, 0.3) is 0 Å². The molecule has 5 nitrogen and oxygen atoms in total. The van der Waals surface area contributed by atoms with E-state index in [1.54, 1.807) is 36.4 Å². The second-order valence-electron chi connectivity index (χ2n) is 5.28. The molecule has 2 aromatic carbocycles. The topological polar surface area (TPSA) is 66.9 Å². The molecule has 0 unspecified atom stereocenters. The molecule has 0 atom stereocenters. The van der Waals surface area contributed by atoms with Gasteiger partial charge >= 0.3 is 0 Å². The summed E-state index contributed by atoms with van der Waals surface area (Å²) in [5, 5.41) is 6.22. The minimum absolute atomic E-state index is 0.118. The van der Waals surface area contributed by atoms with Gasteiger partial charge in [-0.1, -0.05) is 47.5 Å². The Morgan fingerprint density at radius 3 is 2.50 bits per heavy atom.